The summed E-state index contributed by atoms with van der Waals surface area (Å²) in [5.41, 5.74) is 11.4. The number of fused-ring (bicyclic) bond motifs is 8. The Morgan fingerprint density at radius 2 is 0.793 bits per heavy atom. The summed E-state index contributed by atoms with van der Waals surface area (Å²) >= 11 is 0. The predicted octanol–water partition coefficient (Wildman–Crippen LogP) is 8.84. The van der Waals surface area contributed by atoms with Gasteiger partial charge in [0.25, 0.3) is 0 Å². The van der Waals surface area contributed by atoms with Crippen molar-refractivity contribution < 1.29 is 4.42 Å². The molecule has 11 rings (SSSR count). The summed E-state index contributed by atoms with van der Waals surface area (Å²) in [6, 6.07) is 58.0. The van der Waals surface area contributed by atoms with Gasteiger partial charge in [0, 0.05) is 10.8 Å². The molecule has 0 N–H and O–H groups in total. The van der Waals surface area contributed by atoms with Crippen molar-refractivity contribution in [3.05, 3.63) is 164 Å². The molecule has 0 aliphatic rings. The summed E-state index contributed by atoms with van der Waals surface area (Å²) in [4.78, 5) is 0. The highest BCUT2D eigenvalue weighted by molar-refractivity contribution is 6.69. The van der Waals surface area contributed by atoms with Crippen molar-refractivity contribution in [1.29, 1.82) is 0 Å². The smallest absolute Gasteiger partial charge is 0.136 e. The fourth-order valence-corrected chi connectivity index (χ4v) is 9.18. The topological polar surface area (TPSA) is 13.1 Å². The molecule has 0 unspecified atom stereocenters. The van der Waals surface area contributed by atoms with E-state index in [1.165, 1.54) is 27.1 Å². The molecule has 0 bridgehead atoms. The van der Waals surface area contributed by atoms with E-state index in [1.807, 2.05) is 30.3 Å². The predicted molar refractivity (Wildman–Crippen MR) is 252 cm³/mol. The van der Waals surface area contributed by atoms with Crippen molar-refractivity contribution in [3.8, 4) is 44.5 Å². The van der Waals surface area contributed by atoms with E-state index in [4.69, 9.17) is 43.6 Å². The number of hydrogen-bond acceptors (Lipinski definition) is 1. The lowest BCUT2D eigenvalue weighted by Gasteiger charge is -2.25. The minimum atomic E-state index is 0.198. The Kier molecular flexibility index (Phi) is 7.88. The zero-order valence-corrected chi connectivity index (χ0v) is 31.4. The Balaban J connectivity index is 1.09. The van der Waals surface area contributed by atoms with E-state index in [0.717, 1.165) is 76.9 Å². The second-order valence-corrected chi connectivity index (χ2v) is 15.0. The maximum absolute atomic E-state index is 6.69. The van der Waals surface area contributed by atoms with Crippen LogP contribution in [0.3, 0.4) is 0 Å². The number of furan rings is 1. The monoisotopic (exact) mass is 722 g/mol. The fraction of sp³-hybridized carbons (Fsp3) is 0. The van der Waals surface area contributed by atoms with Crippen LogP contribution in [0.5, 0.6) is 0 Å². The summed E-state index contributed by atoms with van der Waals surface area (Å²) in [7, 11) is 32.4. The zero-order chi connectivity index (χ0) is 39.2. The van der Waals surface area contributed by atoms with Crippen molar-refractivity contribution in [1.82, 2.24) is 0 Å². The summed E-state index contributed by atoms with van der Waals surface area (Å²) < 4.78 is 6.25. The van der Waals surface area contributed by atoms with Gasteiger partial charge in [0.1, 0.15) is 50.4 Å². The van der Waals surface area contributed by atoms with E-state index in [0.29, 0.717) is 16.5 Å². The first kappa shape index (κ1) is 34.6. The van der Waals surface area contributed by atoms with Crippen LogP contribution >= 0.6 is 0 Å². The molecular formula is C52H27B5O. The fourth-order valence-electron chi connectivity index (χ4n) is 9.18. The van der Waals surface area contributed by atoms with Gasteiger partial charge in [-0.3, -0.25) is 0 Å². The molecule has 10 radical (unpaired) electrons. The summed E-state index contributed by atoms with van der Waals surface area (Å²) in [5.74, 6) is 0. The highest BCUT2D eigenvalue weighted by atomic mass is 16.3. The standard InChI is InChI=1S/C52H27B5O/c53-48-47(49(54)51(56)52(57)50(48)55)46-38-14-5-3-12-36(38)44(37-13-4-6-15-39(37)46)29-22-20-28(21-23-29)41-27-31-26-30(24-25-32(31)34-10-1-2-11-35(34)41)33-17-9-19-43-45(33)40-16-7-8-18-42(40)58-43/h1-27H. The van der Waals surface area contributed by atoms with Gasteiger partial charge in [-0.15, -0.1) is 16.4 Å². The lowest BCUT2D eigenvalue weighted by molar-refractivity contribution is 0.669. The summed E-state index contributed by atoms with van der Waals surface area (Å²) in [6.45, 7) is 0. The second-order valence-electron chi connectivity index (χ2n) is 15.0. The molecule has 0 saturated heterocycles. The summed E-state index contributed by atoms with van der Waals surface area (Å²) in [5, 5.41) is 11.1. The van der Waals surface area contributed by atoms with Gasteiger partial charge in [-0.05, 0) is 112 Å². The first-order chi connectivity index (χ1) is 28.4. The molecule has 0 spiro atoms. The molecule has 0 aliphatic heterocycles. The molecule has 256 valence electrons. The Morgan fingerprint density at radius 1 is 0.293 bits per heavy atom. The Morgan fingerprint density at radius 3 is 1.45 bits per heavy atom. The molecular weight excluding hydrogens is 695 g/mol. The molecule has 11 aromatic rings. The molecule has 0 atom stereocenters. The van der Waals surface area contributed by atoms with Crippen LogP contribution in [0, 0.1) is 0 Å². The van der Waals surface area contributed by atoms with Crippen LogP contribution in [0.2, 0.25) is 0 Å². The average molecular weight is 722 g/mol. The lowest BCUT2D eigenvalue weighted by atomic mass is 9.59. The van der Waals surface area contributed by atoms with Crippen molar-refractivity contribution in [2.45, 2.75) is 0 Å². The highest BCUT2D eigenvalue weighted by Crippen LogP contribution is 2.44. The van der Waals surface area contributed by atoms with Gasteiger partial charge in [-0.25, -0.2) is 0 Å². The quantitative estimate of drug-likeness (QED) is 0.101. The van der Waals surface area contributed by atoms with E-state index in [2.05, 4.69) is 133 Å². The van der Waals surface area contributed by atoms with Gasteiger partial charge in [0.15, 0.2) is 0 Å². The maximum atomic E-state index is 6.69. The summed E-state index contributed by atoms with van der Waals surface area (Å²) in [6.07, 6.45) is 0. The van der Waals surface area contributed by atoms with Gasteiger partial charge >= 0.3 is 0 Å². The van der Waals surface area contributed by atoms with Gasteiger partial charge in [0.2, 0.25) is 0 Å². The number of hydrogen-bond donors (Lipinski definition) is 0. The second kappa shape index (κ2) is 13.2. The Labute approximate surface area is 342 Å². The minimum absolute atomic E-state index is 0.198. The van der Waals surface area contributed by atoms with Crippen LogP contribution in [0.4, 0.5) is 0 Å². The first-order valence-electron chi connectivity index (χ1n) is 19.3. The molecule has 58 heavy (non-hydrogen) atoms. The average Bonchev–Trinajstić information content (AvgIpc) is 3.66. The van der Waals surface area contributed by atoms with E-state index in [1.54, 1.807) is 0 Å². The zero-order valence-electron chi connectivity index (χ0n) is 31.4. The molecule has 1 nitrogen and oxygen atoms in total. The third-order valence-corrected chi connectivity index (χ3v) is 11.9. The van der Waals surface area contributed by atoms with Crippen LogP contribution in [0.15, 0.2) is 168 Å². The highest BCUT2D eigenvalue weighted by Gasteiger charge is 2.21. The van der Waals surface area contributed by atoms with Gasteiger partial charge < -0.3 is 4.42 Å². The van der Waals surface area contributed by atoms with Crippen LogP contribution < -0.4 is 27.3 Å². The molecule has 0 fully saturated rings. The molecule has 10 aromatic carbocycles. The molecule has 1 heterocycles. The molecule has 6 heteroatoms. The van der Waals surface area contributed by atoms with Crippen LogP contribution in [0.25, 0.3) is 110 Å². The van der Waals surface area contributed by atoms with Gasteiger partial charge in [-0.1, -0.05) is 150 Å². The third-order valence-electron chi connectivity index (χ3n) is 11.9. The molecule has 0 aliphatic carbocycles. The maximum Gasteiger partial charge on any atom is 0.136 e. The normalized spacial score (nSPS) is 11.8. The molecule has 0 amide bonds. The van der Waals surface area contributed by atoms with E-state index < -0.39 is 0 Å². The lowest BCUT2D eigenvalue weighted by Crippen LogP contribution is -2.55. The SMILES string of the molecule is [B]c1c([B])c([B])c(-c2c3ccccc3c(-c3ccc(-c4cc5cc(-c6cccc7oc8ccccc8c67)ccc5c5ccccc45)cc3)c3ccccc23)c([B])c1[B]. The number of rotatable bonds is 4. The van der Waals surface area contributed by atoms with E-state index in [9.17, 15) is 0 Å². The van der Waals surface area contributed by atoms with Crippen molar-refractivity contribution >= 4 is 132 Å². The van der Waals surface area contributed by atoms with E-state index >= 15 is 0 Å². The van der Waals surface area contributed by atoms with Gasteiger partial charge in [0.05, 0.1) is 0 Å². The minimum Gasteiger partial charge on any atom is -0.456 e. The van der Waals surface area contributed by atoms with E-state index in [-0.39, 0.29) is 16.4 Å². The van der Waals surface area contributed by atoms with Crippen molar-refractivity contribution in [2.24, 2.45) is 0 Å². The number of benzene rings is 10. The van der Waals surface area contributed by atoms with Gasteiger partial charge in [-0.2, -0.15) is 0 Å². The Hall–Kier alpha value is -6.64. The third kappa shape index (κ3) is 5.11. The largest absolute Gasteiger partial charge is 0.456 e. The first-order valence-corrected chi connectivity index (χ1v) is 19.3. The number of para-hydroxylation sites is 1. The van der Waals surface area contributed by atoms with Crippen LogP contribution in [0.1, 0.15) is 0 Å². The van der Waals surface area contributed by atoms with Crippen LogP contribution in [-0.2, 0) is 0 Å². The van der Waals surface area contributed by atoms with Crippen molar-refractivity contribution in [2.75, 3.05) is 0 Å². The van der Waals surface area contributed by atoms with Crippen LogP contribution in [-0.4, -0.2) is 39.2 Å². The molecule has 1 aromatic heterocycles. The Bertz CT molecular complexity index is 3420. The molecule has 0 saturated carbocycles. The van der Waals surface area contributed by atoms with Crippen molar-refractivity contribution in [3.63, 3.8) is 0 Å².